The Morgan fingerprint density at radius 2 is 1.96 bits per heavy atom. The molecule has 1 aromatic heterocycles. The number of carbonyl (C=O) groups excluding carboxylic acids is 2. The van der Waals surface area contributed by atoms with Crippen molar-refractivity contribution in [2.45, 2.75) is 0 Å². The molecule has 0 fully saturated rings. The van der Waals surface area contributed by atoms with Crippen molar-refractivity contribution >= 4 is 54.4 Å². The Hall–Kier alpha value is -2.25. The number of rotatable bonds is 4. The number of nitrogens with zero attached hydrogens (tertiary/aromatic N) is 1. The highest BCUT2D eigenvalue weighted by atomic mass is 79.9. The molecule has 0 aliphatic carbocycles. The second kappa shape index (κ2) is 6.89. The fraction of sp³-hybridized carbons (Fsp3) is 0.0625. The van der Waals surface area contributed by atoms with Gasteiger partial charge in [0.15, 0.2) is 5.13 Å². The number of para-hydroxylation sites is 1. The number of aromatic nitrogens is 1. The molecule has 2 amide bonds. The predicted molar refractivity (Wildman–Crippen MR) is 94.7 cm³/mol. The highest BCUT2D eigenvalue weighted by Crippen LogP contribution is 2.25. The molecule has 5 nitrogen and oxygen atoms in total. The first-order valence-electron chi connectivity index (χ1n) is 6.81. The van der Waals surface area contributed by atoms with Crippen molar-refractivity contribution in [3.8, 4) is 0 Å². The first-order chi connectivity index (χ1) is 11.1. The van der Waals surface area contributed by atoms with Crippen LogP contribution in [-0.4, -0.2) is 23.3 Å². The minimum atomic E-state index is -0.313. The van der Waals surface area contributed by atoms with E-state index in [-0.39, 0.29) is 18.4 Å². The minimum absolute atomic E-state index is 0.110. The SMILES string of the molecule is O=C(CNC(=O)c1cccc(Br)c1)Nc1nc2ccccc2s1. The van der Waals surface area contributed by atoms with Crippen LogP contribution in [0.3, 0.4) is 0 Å². The van der Waals surface area contributed by atoms with Gasteiger partial charge in [-0.1, -0.05) is 45.5 Å². The van der Waals surface area contributed by atoms with Crippen LogP contribution in [0.4, 0.5) is 5.13 Å². The normalized spacial score (nSPS) is 10.5. The predicted octanol–water partition coefficient (Wildman–Crippen LogP) is 3.43. The first-order valence-corrected chi connectivity index (χ1v) is 8.42. The van der Waals surface area contributed by atoms with Crippen molar-refractivity contribution in [1.29, 1.82) is 0 Å². The fourth-order valence-electron chi connectivity index (χ4n) is 1.98. The molecular formula is C16H12BrN3O2S. The molecule has 0 unspecified atom stereocenters. The average Bonchev–Trinajstić information content (AvgIpc) is 2.94. The molecule has 2 N–H and O–H groups in total. The molecule has 0 aliphatic rings. The summed E-state index contributed by atoms with van der Waals surface area (Å²) in [6.07, 6.45) is 0. The van der Waals surface area contributed by atoms with Crippen molar-refractivity contribution in [3.63, 3.8) is 0 Å². The van der Waals surface area contributed by atoms with Gasteiger partial charge in [0.05, 0.1) is 16.8 Å². The molecule has 7 heteroatoms. The van der Waals surface area contributed by atoms with Gasteiger partial charge in [-0.3, -0.25) is 9.59 Å². The van der Waals surface area contributed by atoms with E-state index in [1.807, 2.05) is 30.3 Å². The van der Waals surface area contributed by atoms with Crippen molar-refractivity contribution in [2.75, 3.05) is 11.9 Å². The number of carbonyl (C=O) groups is 2. The third-order valence-electron chi connectivity index (χ3n) is 3.04. The lowest BCUT2D eigenvalue weighted by Crippen LogP contribution is -2.32. The zero-order valence-corrected chi connectivity index (χ0v) is 14.3. The van der Waals surface area contributed by atoms with Gasteiger partial charge in [0.2, 0.25) is 5.91 Å². The van der Waals surface area contributed by atoms with Gasteiger partial charge >= 0.3 is 0 Å². The van der Waals surface area contributed by atoms with Crippen LogP contribution in [0, 0.1) is 0 Å². The Kier molecular flexibility index (Phi) is 4.68. The van der Waals surface area contributed by atoms with Crippen LogP contribution < -0.4 is 10.6 Å². The molecule has 0 bridgehead atoms. The van der Waals surface area contributed by atoms with Gasteiger partial charge in [-0.25, -0.2) is 4.98 Å². The van der Waals surface area contributed by atoms with Gasteiger partial charge in [0.1, 0.15) is 0 Å². The highest BCUT2D eigenvalue weighted by molar-refractivity contribution is 9.10. The van der Waals surface area contributed by atoms with Gasteiger partial charge in [-0.15, -0.1) is 0 Å². The molecule has 0 aliphatic heterocycles. The lowest BCUT2D eigenvalue weighted by molar-refractivity contribution is -0.115. The van der Waals surface area contributed by atoms with E-state index in [2.05, 4.69) is 31.5 Å². The topological polar surface area (TPSA) is 71.1 Å². The van der Waals surface area contributed by atoms with Crippen LogP contribution in [0.1, 0.15) is 10.4 Å². The van der Waals surface area contributed by atoms with E-state index in [0.29, 0.717) is 10.7 Å². The van der Waals surface area contributed by atoms with Crippen molar-refractivity contribution in [3.05, 3.63) is 58.6 Å². The zero-order valence-electron chi connectivity index (χ0n) is 11.9. The van der Waals surface area contributed by atoms with E-state index >= 15 is 0 Å². The molecule has 0 spiro atoms. The van der Waals surface area contributed by atoms with Crippen LogP contribution in [-0.2, 0) is 4.79 Å². The Labute approximate surface area is 144 Å². The third-order valence-corrected chi connectivity index (χ3v) is 4.48. The third kappa shape index (κ3) is 3.94. The molecular weight excluding hydrogens is 378 g/mol. The Bertz CT molecular complexity index is 845. The molecule has 0 radical (unpaired) electrons. The van der Waals surface area contributed by atoms with Crippen molar-refractivity contribution < 1.29 is 9.59 Å². The van der Waals surface area contributed by atoms with Crippen LogP contribution in [0.5, 0.6) is 0 Å². The summed E-state index contributed by atoms with van der Waals surface area (Å²) in [6, 6.07) is 14.6. The van der Waals surface area contributed by atoms with Gasteiger partial charge in [0, 0.05) is 10.0 Å². The van der Waals surface area contributed by atoms with Gasteiger partial charge in [-0.05, 0) is 30.3 Å². The number of hydrogen-bond donors (Lipinski definition) is 2. The Balaban J connectivity index is 1.58. The molecule has 3 rings (SSSR count). The number of anilines is 1. The monoisotopic (exact) mass is 389 g/mol. The van der Waals surface area contributed by atoms with E-state index in [4.69, 9.17) is 0 Å². The molecule has 0 saturated carbocycles. The smallest absolute Gasteiger partial charge is 0.251 e. The zero-order chi connectivity index (χ0) is 16.2. The summed E-state index contributed by atoms with van der Waals surface area (Å²) in [6.45, 7) is -0.110. The maximum absolute atomic E-state index is 12.0. The number of halogens is 1. The highest BCUT2D eigenvalue weighted by Gasteiger charge is 2.10. The van der Waals surface area contributed by atoms with E-state index in [0.717, 1.165) is 14.7 Å². The second-order valence-corrected chi connectivity index (χ2v) is 6.67. The van der Waals surface area contributed by atoms with E-state index in [1.54, 1.807) is 18.2 Å². The van der Waals surface area contributed by atoms with Gasteiger partial charge in [0.25, 0.3) is 5.91 Å². The van der Waals surface area contributed by atoms with E-state index < -0.39 is 0 Å². The van der Waals surface area contributed by atoms with Crippen LogP contribution in [0.15, 0.2) is 53.0 Å². The first kappa shape index (κ1) is 15.6. The molecule has 116 valence electrons. The minimum Gasteiger partial charge on any atom is -0.343 e. The number of amides is 2. The Morgan fingerprint density at radius 1 is 1.13 bits per heavy atom. The summed E-state index contributed by atoms with van der Waals surface area (Å²) in [5.74, 6) is -0.613. The maximum atomic E-state index is 12.0. The molecule has 3 aromatic rings. The molecule has 0 saturated heterocycles. The molecule has 2 aromatic carbocycles. The van der Waals surface area contributed by atoms with Crippen LogP contribution in [0.25, 0.3) is 10.2 Å². The summed E-state index contributed by atoms with van der Waals surface area (Å²) < 4.78 is 1.81. The fourth-order valence-corrected chi connectivity index (χ4v) is 3.26. The average molecular weight is 390 g/mol. The summed E-state index contributed by atoms with van der Waals surface area (Å²) in [7, 11) is 0. The lowest BCUT2D eigenvalue weighted by atomic mass is 10.2. The summed E-state index contributed by atoms with van der Waals surface area (Å²) in [5, 5.41) is 5.80. The van der Waals surface area contributed by atoms with Crippen molar-refractivity contribution in [2.24, 2.45) is 0 Å². The second-order valence-electron chi connectivity index (χ2n) is 4.73. The number of thiazole rings is 1. The number of fused-ring (bicyclic) bond motifs is 1. The van der Waals surface area contributed by atoms with E-state index in [1.165, 1.54) is 11.3 Å². The number of nitrogens with one attached hydrogen (secondary N) is 2. The maximum Gasteiger partial charge on any atom is 0.251 e. The molecule has 23 heavy (non-hydrogen) atoms. The summed E-state index contributed by atoms with van der Waals surface area (Å²) >= 11 is 4.70. The van der Waals surface area contributed by atoms with Crippen molar-refractivity contribution in [1.82, 2.24) is 10.3 Å². The lowest BCUT2D eigenvalue weighted by Gasteiger charge is -2.05. The van der Waals surface area contributed by atoms with Gasteiger partial charge < -0.3 is 10.6 Å². The molecule has 1 heterocycles. The Morgan fingerprint density at radius 3 is 2.74 bits per heavy atom. The molecule has 0 atom stereocenters. The quantitative estimate of drug-likeness (QED) is 0.717. The van der Waals surface area contributed by atoms with Crippen LogP contribution in [0.2, 0.25) is 0 Å². The van der Waals surface area contributed by atoms with E-state index in [9.17, 15) is 9.59 Å². The number of benzene rings is 2. The summed E-state index contributed by atoms with van der Waals surface area (Å²) in [5.41, 5.74) is 1.33. The van der Waals surface area contributed by atoms with Gasteiger partial charge in [-0.2, -0.15) is 0 Å². The number of hydrogen-bond acceptors (Lipinski definition) is 4. The standard InChI is InChI=1S/C16H12BrN3O2S/c17-11-5-3-4-10(8-11)15(22)18-9-14(21)20-16-19-12-6-1-2-7-13(12)23-16/h1-8H,9H2,(H,18,22)(H,19,20,21). The van der Waals surface area contributed by atoms with Crippen LogP contribution >= 0.6 is 27.3 Å². The summed E-state index contributed by atoms with van der Waals surface area (Å²) in [4.78, 5) is 28.2. The largest absolute Gasteiger partial charge is 0.343 e.